The number of carbonyl (C=O) groups excluding carboxylic acids is 1. The second kappa shape index (κ2) is 7.74. The molecule has 26 heavy (non-hydrogen) atoms. The minimum Gasteiger partial charge on any atom is -0.497 e. The quantitative estimate of drug-likeness (QED) is 0.827. The van der Waals surface area contributed by atoms with E-state index in [0.29, 0.717) is 25.2 Å². The molecule has 1 aliphatic rings. The Hall–Kier alpha value is -3.28. The lowest BCUT2D eigenvalue weighted by Crippen LogP contribution is -2.34. The third-order valence-corrected chi connectivity index (χ3v) is 4.30. The fourth-order valence-corrected chi connectivity index (χ4v) is 2.87. The molecule has 2 amide bonds. The summed E-state index contributed by atoms with van der Waals surface area (Å²) in [5.41, 5.74) is 3.68. The maximum atomic E-state index is 12.1. The number of benzene rings is 2. The van der Waals surface area contributed by atoms with Crippen molar-refractivity contribution >= 4 is 23.8 Å². The van der Waals surface area contributed by atoms with Crippen LogP contribution in [-0.2, 0) is 17.8 Å². The molecule has 2 aromatic carbocycles. The van der Waals surface area contributed by atoms with Gasteiger partial charge in [0.2, 0.25) is 5.91 Å². The summed E-state index contributed by atoms with van der Waals surface area (Å²) in [6, 6.07) is 12.9. The fraction of sp³-hybridized carbons (Fsp3) is 0.200. The summed E-state index contributed by atoms with van der Waals surface area (Å²) in [5, 5.41) is 11.9. The normalized spacial score (nSPS) is 13.3. The van der Waals surface area contributed by atoms with Crippen molar-refractivity contribution in [3.8, 4) is 5.75 Å². The predicted octanol–water partition coefficient (Wildman–Crippen LogP) is 3.38. The van der Waals surface area contributed by atoms with Crippen LogP contribution in [0.2, 0.25) is 0 Å². The third-order valence-electron chi connectivity index (χ3n) is 4.30. The number of methoxy groups -OCH3 is 1. The number of anilines is 1. The van der Waals surface area contributed by atoms with Gasteiger partial charge in [0.05, 0.1) is 7.11 Å². The van der Waals surface area contributed by atoms with Gasteiger partial charge in [0.25, 0.3) is 0 Å². The van der Waals surface area contributed by atoms with Crippen LogP contribution in [0.4, 0.5) is 10.5 Å². The number of amides is 2. The maximum Gasteiger partial charge on any atom is 0.407 e. The van der Waals surface area contributed by atoms with Gasteiger partial charge in [-0.05, 0) is 59.5 Å². The van der Waals surface area contributed by atoms with Gasteiger partial charge in [0.15, 0.2) is 0 Å². The molecule has 0 spiro atoms. The van der Waals surface area contributed by atoms with Crippen LogP contribution < -0.4 is 10.1 Å². The first kappa shape index (κ1) is 17.5. The molecule has 134 valence electrons. The van der Waals surface area contributed by atoms with E-state index in [0.717, 1.165) is 22.4 Å². The molecule has 0 radical (unpaired) electrons. The molecule has 1 heterocycles. The molecule has 0 aliphatic carbocycles. The number of rotatable bonds is 4. The maximum absolute atomic E-state index is 12.1. The molecular weight excluding hydrogens is 332 g/mol. The smallest absolute Gasteiger partial charge is 0.407 e. The van der Waals surface area contributed by atoms with Crippen LogP contribution in [0.15, 0.2) is 48.5 Å². The minimum absolute atomic E-state index is 0.236. The topological polar surface area (TPSA) is 78.9 Å². The van der Waals surface area contributed by atoms with Gasteiger partial charge in [-0.1, -0.05) is 12.1 Å². The summed E-state index contributed by atoms with van der Waals surface area (Å²) in [5.74, 6) is 0.489. The lowest BCUT2D eigenvalue weighted by molar-refractivity contribution is -0.111. The number of carboxylic acid groups (broad SMARTS) is 1. The van der Waals surface area contributed by atoms with E-state index in [1.54, 1.807) is 37.5 Å². The second-order valence-corrected chi connectivity index (χ2v) is 6.03. The molecule has 2 N–H and O–H groups in total. The molecule has 0 saturated carbocycles. The zero-order valence-corrected chi connectivity index (χ0v) is 14.4. The second-order valence-electron chi connectivity index (χ2n) is 6.03. The molecule has 0 atom stereocenters. The Kier molecular flexibility index (Phi) is 5.22. The Balaban J connectivity index is 1.65. The molecule has 1 aliphatic heterocycles. The van der Waals surface area contributed by atoms with Gasteiger partial charge in [-0.3, -0.25) is 4.79 Å². The summed E-state index contributed by atoms with van der Waals surface area (Å²) in [6.45, 7) is 0.895. The van der Waals surface area contributed by atoms with Crippen LogP contribution >= 0.6 is 0 Å². The zero-order chi connectivity index (χ0) is 18.5. The third kappa shape index (κ3) is 4.22. The van der Waals surface area contributed by atoms with Crippen molar-refractivity contribution in [2.24, 2.45) is 0 Å². The van der Waals surface area contributed by atoms with Gasteiger partial charge in [-0.2, -0.15) is 0 Å². The number of fused-ring (bicyclic) bond motifs is 1. The van der Waals surface area contributed by atoms with E-state index >= 15 is 0 Å². The lowest BCUT2D eigenvalue weighted by atomic mass is 9.97. The van der Waals surface area contributed by atoms with Gasteiger partial charge >= 0.3 is 6.09 Å². The van der Waals surface area contributed by atoms with Crippen molar-refractivity contribution in [2.45, 2.75) is 13.0 Å². The molecule has 0 fully saturated rings. The number of hydrogen-bond acceptors (Lipinski definition) is 3. The highest BCUT2D eigenvalue weighted by molar-refractivity contribution is 6.01. The van der Waals surface area contributed by atoms with Crippen LogP contribution in [0, 0.1) is 0 Å². The predicted molar refractivity (Wildman–Crippen MR) is 99.2 cm³/mol. The summed E-state index contributed by atoms with van der Waals surface area (Å²) in [7, 11) is 1.59. The van der Waals surface area contributed by atoms with Crippen molar-refractivity contribution in [1.82, 2.24) is 4.90 Å². The molecule has 0 unspecified atom stereocenters. The molecule has 0 saturated heterocycles. The highest BCUT2D eigenvalue weighted by Crippen LogP contribution is 2.21. The number of nitrogens with one attached hydrogen (secondary N) is 1. The van der Waals surface area contributed by atoms with E-state index in [-0.39, 0.29) is 5.91 Å². The molecule has 6 nitrogen and oxygen atoms in total. The molecule has 2 aromatic rings. The molecule has 6 heteroatoms. The average molecular weight is 352 g/mol. The van der Waals surface area contributed by atoms with Crippen molar-refractivity contribution < 1.29 is 19.4 Å². The zero-order valence-electron chi connectivity index (χ0n) is 14.4. The largest absolute Gasteiger partial charge is 0.497 e. The number of carbonyl (C=O) groups is 2. The summed E-state index contributed by atoms with van der Waals surface area (Å²) < 4.78 is 5.08. The van der Waals surface area contributed by atoms with Gasteiger partial charge in [0, 0.05) is 24.9 Å². The number of hydrogen-bond donors (Lipinski definition) is 2. The summed E-state index contributed by atoms with van der Waals surface area (Å²) >= 11 is 0. The number of nitrogens with zero attached hydrogens (tertiary/aromatic N) is 1. The minimum atomic E-state index is -0.907. The van der Waals surface area contributed by atoms with Gasteiger partial charge in [-0.15, -0.1) is 0 Å². The Labute approximate surface area is 151 Å². The van der Waals surface area contributed by atoms with Crippen LogP contribution in [0.25, 0.3) is 6.08 Å². The summed E-state index contributed by atoms with van der Waals surface area (Å²) in [6.07, 6.45) is 2.99. The highest BCUT2D eigenvalue weighted by Gasteiger charge is 2.19. The molecule has 0 bridgehead atoms. The van der Waals surface area contributed by atoms with Crippen molar-refractivity contribution in [3.63, 3.8) is 0 Å². The molecule has 3 rings (SSSR count). The van der Waals surface area contributed by atoms with Crippen LogP contribution in [0.3, 0.4) is 0 Å². The van der Waals surface area contributed by atoms with E-state index in [1.165, 1.54) is 11.0 Å². The Morgan fingerprint density at radius 1 is 1.15 bits per heavy atom. The first-order valence-electron chi connectivity index (χ1n) is 8.28. The average Bonchev–Trinajstić information content (AvgIpc) is 2.66. The summed E-state index contributed by atoms with van der Waals surface area (Å²) in [4.78, 5) is 24.6. The fourth-order valence-electron chi connectivity index (χ4n) is 2.87. The van der Waals surface area contributed by atoms with E-state index in [4.69, 9.17) is 9.84 Å². The van der Waals surface area contributed by atoms with Crippen molar-refractivity contribution in [2.75, 3.05) is 19.0 Å². The van der Waals surface area contributed by atoms with Crippen molar-refractivity contribution in [3.05, 3.63) is 65.2 Å². The van der Waals surface area contributed by atoms with Crippen LogP contribution in [0.5, 0.6) is 5.75 Å². The van der Waals surface area contributed by atoms with E-state index in [1.807, 2.05) is 18.2 Å². The Morgan fingerprint density at radius 2 is 1.92 bits per heavy atom. The van der Waals surface area contributed by atoms with Gasteiger partial charge < -0.3 is 20.1 Å². The first-order valence-corrected chi connectivity index (χ1v) is 8.28. The van der Waals surface area contributed by atoms with E-state index < -0.39 is 6.09 Å². The highest BCUT2D eigenvalue weighted by atomic mass is 16.5. The van der Waals surface area contributed by atoms with E-state index in [2.05, 4.69) is 5.32 Å². The Bertz CT molecular complexity index is 843. The van der Waals surface area contributed by atoms with Crippen molar-refractivity contribution in [1.29, 1.82) is 0 Å². The SMILES string of the molecule is COc1ccc(NC(=O)/C=C/c2ccc3c(c2)CN(C(=O)O)CC3)cc1. The van der Waals surface area contributed by atoms with Crippen LogP contribution in [0.1, 0.15) is 16.7 Å². The molecule has 0 aromatic heterocycles. The lowest BCUT2D eigenvalue weighted by Gasteiger charge is -2.26. The molecular formula is C20H20N2O4. The van der Waals surface area contributed by atoms with E-state index in [9.17, 15) is 9.59 Å². The first-order chi connectivity index (χ1) is 12.5. The van der Waals surface area contributed by atoms with Crippen LogP contribution in [-0.4, -0.2) is 35.7 Å². The monoisotopic (exact) mass is 352 g/mol. The van der Waals surface area contributed by atoms with Gasteiger partial charge in [-0.25, -0.2) is 4.79 Å². The number of ether oxygens (including phenoxy) is 1. The van der Waals surface area contributed by atoms with Gasteiger partial charge in [0.1, 0.15) is 5.75 Å². The Morgan fingerprint density at radius 3 is 2.62 bits per heavy atom. The standard InChI is InChI=1S/C20H20N2O4/c1-26-18-7-5-17(6-8-18)21-19(23)9-3-14-2-4-15-10-11-22(20(24)25)13-16(15)12-14/h2-9,12H,10-11,13H2,1H3,(H,21,23)(H,24,25)/b9-3+.